The number of aromatic nitrogens is 1. The molecule has 0 saturated carbocycles. The highest BCUT2D eigenvalue weighted by Gasteiger charge is 2.30. The number of alkyl halides is 3. The number of nitrogens with one attached hydrogen (secondary N) is 1. The molecule has 3 nitrogen and oxygen atoms in total. The number of para-hydroxylation sites is 1. The SMILES string of the molecule is O[C@@H](c1cc(-c2ccc(C(F)(F)F)cc2)nc2ccccc12)C1CCCCN1. The van der Waals surface area contributed by atoms with Crippen LogP contribution in [0.25, 0.3) is 22.2 Å². The molecule has 2 aromatic carbocycles. The van der Waals surface area contributed by atoms with Gasteiger partial charge in [0.05, 0.1) is 22.9 Å². The van der Waals surface area contributed by atoms with Crippen LogP contribution in [0.1, 0.15) is 36.5 Å². The van der Waals surface area contributed by atoms with Crippen LogP contribution in [0.4, 0.5) is 13.2 Å². The molecule has 1 unspecified atom stereocenters. The molecule has 0 radical (unpaired) electrons. The second-order valence-electron chi connectivity index (χ2n) is 7.19. The Kier molecular flexibility index (Phi) is 5.08. The van der Waals surface area contributed by atoms with Gasteiger partial charge in [-0.3, -0.25) is 0 Å². The summed E-state index contributed by atoms with van der Waals surface area (Å²) in [6.07, 6.45) is -2.04. The van der Waals surface area contributed by atoms with E-state index in [2.05, 4.69) is 10.3 Å². The minimum atomic E-state index is -4.37. The molecule has 28 heavy (non-hydrogen) atoms. The van der Waals surface area contributed by atoms with Gasteiger partial charge >= 0.3 is 6.18 Å². The van der Waals surface area contributed by atoms with Gasteiger partial charge in [-0.15, -0.1) is 0 Å². The van der Waals surface area contributed by atoms with E-state index in [9.17, 15) is 18.3 Å². The minimum absolute atomic E-state index is 0.0417. The second-order valence-corrected chi connectivity index (χ2v) is 7.19. The van der Waals surface area contributed by atoms with Crippen molar-refractivity contribution in [3.8, 4) is 11.3 Å². The first-order valence-corrected chi connectivity index (χ1v) is 9.42. The molecule has 1 aromatic heterocycles. The lowest BCUT2D eigenvalue weighted by Crippen LogP contribution is -2.38. The smallest absolute Gasteiger partial charge is 0.387 e. The quantitative estimate of drug-likeness (QED) is 0.659. The lowest BCUT2D eigenvalue weighted by atomic mass is 9.92. The number of piperidine rings is 1. The lowest BCUT2D eigenvalue weighted by Gasteiger charge is -2.29. The van der Waals surface area contributed by atoms with Gasteiger partial charge in [0.25, 0.3) is 0 Å². The number of hydrogen-bond donors (Lipinski definition) is 2. The molecule has 6 heteroatoms. The highest BCUT2D eigenvalue weighted by Crippen LogP contribution is 2.34. The molecule has 0 aliphatic carbocycles. The summed E-state index contributed by atoms with van der Waals surface area (Å²) < 4.78 is 38.6. The minimum Gasteiger partial charge on any atom is -0.387 e. The van der Waals surface area contributed by atoms with Crippen LogP contribution in [0.2, 0.25) is 0 Å². The number of aliphatic hydroxyl groups is 1. The highest BCUT2D eigenvalue weighted by molar-refractivity contribution is 5.85. The monoisotopic (exact) mass is 386 g/mol. The molecule has 1 saturated heterocycles. The van der Waals surface area contributed by atoms with Gasteiger partial charge in [-0.1, -0.05) is 36.8 Å². The molecule has 1 aliphatic rings. The standard InChI is InChI=1S/C22H21F3N2O/c23-22(24,25)15-10-8-14(9-11-15)20-13-17(16-5-1-2-6-18(16)27-20)21(28)19-7-3-4-12-26-19/h1-2,5-6,8-11,13,19,21,26,28H,3-4,7,12H2/t19?,21-/m0/s1. The number of hydrogen-bond acceptors (Lipinski definition) is 3. The molecule has 2 atom stereocenters. The van der Waals surface area contributed by atoms with Crippen molar-refractivity contribution in [2.75, 3.05) is 6.54 Å². The molecule has 0 amide bonds. The van der Waals surface area contributed by atoms with Crippen LogP contribution < -0.4 is 5.32 Å². The van der Waals surface area contributed by atoms with Crippen molar-refractivity contribution in [3.05, 3.63) is 65.7 Å². The predicted octanol–water partition coefficient (Wildman–Crippen LogP) is 5.10. The zero-order chi connectivity index (χ0) is 19.7. The molecule has 0 bridgehead atoms. The Balaban J connectivity index is 1.77. The number of halogens is 3. The summed E-state index contributed by atoms with van der Waals surface area (Å²) in [6.45, 7) is 0.872. The Bertz CT molecular complexity index is 964. The molecule has 4 rings (SSSR count). The third-order valence-electron chi connectivity index (χ3n) is 5.30. The van der Waals surface area contributed by atoms with E-state index in [4.69, 9.17) is 0 Å². The van der Waals surface area contributed by atoms with Gasteiger partial charge in [0.15, 0.2) is 0 Å². The van der Waals surface area contributed by atoms with Gasteiger partial charge in [0.2, 0.25) is 0 Å². The van der Waals surface area contributed by atoms with E-state index in [1.54, 1.807) is 6.07 Å². The van der Waals surface area contributed by atoms with E-state index in [1.165, 1.54) is 12.1 Å². The van der Waals surface area contributed by atoms with Gasteiger partial charge in [-0.25, -0.2) is 4.98 Å². The van der Waals surface area contributed by atoms with Crippen LogP contribution in [-0.4, -0.2) is 22.7 Å². The number of rotatable bonds is 3. The third-order valence-corrected chi connectivity index (χ3v) is 5.30. The number of nitrogens with zero attached hydrogens (tertiary/aromatic N) is 1. The number of benzene rings is 2. The van der Waals surface area contributed by atoms with Crippen molar-refractivity contribution in [2.24, 2.45) is 0 Å². The molecular weight excluding hydrogens is 365 g/mol. The van der Waals surface area contributed by atoms with Gasteiger partial charge in [0, 0.05) is 17.0 Å². The summed E-state index contributed by atoms with van der Waals surface area (Å²) in [5, 5.41) is 15.3. The van der Waals surface area contributed by atoms with Crippen molar-refractivity contribution < 1.29 is 18.3 Å². The number of aliphatic hydroxyl groups excluding tert-OH is 1. The van der Waals surface area contributed by atoms with Crippen molar-refractivity contribution in [1.82, 2.24) is 10.3 Å². The normalized spacial score (nSPS) is 18.9. The fourth-order valence-corrected chi connectivity index (χ4v) is 3.79. The maximum Gasteiger partial charge on any atom is 0.416 e. The third kappa shape index (κ3) is 3.75. The van der Waals surface area contributed by atoms with Crippen LogP contribution >= 0.6 is 0 Å². The van der Waals surface area contributed by atoms with Crippen LogP contribution in [0.3, 0.4) is 0 Å². The average Bonchev–Trinajstić information content (AvgIpc) is 2.72. The summed E-state index contributed by atoms with van der Waals surface area (Å²) in [5.74, 6) is 0. The van der Waals surface area contributed by atoms with Gasteiger partial charge in [0.1, 0.15) is 0 Å². The number of fused-ring (bicyclic) bond motifs is 1. The van der Waals surface area contributed by atoms with Crippen LogP contribution in [-0.2, 0) is 6.18 Å². The van der Waals surface area contributed by atoms with Crippen molar-refractivity contribution in [1.29, 1.82) is 0 Å². The largest absolute Gasteiger partial charge is 0.416 e. The second kappa shape index (κ2) is 7.53. The highest BCUT2D eigenvalue weighted by atomic mass is 19.4. The fourth-order valence-electron chi connectivity index (χ4n) is 3.79. The average molecular weight is 386 g/mol. The van der Waals surface area contributed by atoms with Gasteiger partial charge in [-0.2, -0.15) is 13.2 Å². The Hall–Kier alpha value is -2.44. The van der Waals surface area contributed by atoms with Crippen molar-refractivity contribution >= 4 is 10.9 Å². The molecule has 3 aromatic rings. The summed E-state index contributed by atoms with van der Waals surface area (Å²) in [4.78, 5) is 4.61. The molecule has 1 aliphatic heterocycles. The van der Waals surface area contributed by atoms with E-state index >= 15 is 0 Å². The van der Waals surface area contributed by atoms with Crippen LogP contribution in [0.15, 0.2) is 54.6 Å². The zero-order valence-corrected chi connectivity index (χ0v) is 15.2. The summed E-state index contributed by atoms with van der Waals surface area (Å²) in [7, 11) is 0. The van der Waals surface area contributed by atoms with E-state index in [0.29, 0.717) is 16.8 Å². The van der Waals surface area contributed by atoms with E-state index in [-0.39, 0.29) is 6.04 Å². The molecule has 0 spiro atoms. The maximum absolute atomic E-state index is 12.9. The Morgan fingerprint density at radius 2 is 1.79 bits per heavy atom. The Morgan fingerprint density at radius 1 is 1.04 bits per heavy atom. The molecule has 2 N–H and O–H groups in total. The first-order valence-electron chi connectivity index (χ1n) is 9.42. The van der Waals surface area contributed by atoms with E-state index in [1.807, 2.05) is 24.3 Å². The van der Waals surface area contributed by atoms with Crippen molar-refractivity contribution in [2.45, 2.75) is 37.6 Å². The fraction of sp³-hybridized carbons (Fsp3) is 0.318. The Labute approximate surface area is 161 Å². The topological polar surface area (TPSA) is 45.2 Å². The van der Waals surface area contributed by atoms with Crippen LogP contribution in [0.5, 0.6) is 0 Å². The molecule has 146 valence electrons. The zero-order valence-electron chi connectivity index (χ0n) is 15.2. The van der Waals surface area contributed by atoms with E-state index in [0.717, 1.165) is 48.9 Å². The molecular formula is C22H21F3N2O. The Morgan fingerprint density at radius 3 is 2.46 bits per heavy atom. The maximum atomic E-state index is 12.9. The lowest BCUT2D eigenvalue weighted by molar-refractivity contribution is -0.137. The molecule has 2 heterocycles. The van der Waals surface area contributed by atoms with Crippen LogP contribution in [0, 0.1) is 0 Å². The predicted molar refractivity (Wildman–Crippen MR) is 103 cm³/mol. The molecule has 1 fully saturated rings. The summed E-state index contributed by atoms with van der Waals surface area (Å²) in [6, 6.07) is 14.3. The number of pyridine rings is 1. The summed E-state index contributed by atoms with van der Waals surface area (Å²) in [5.41, 5.74) is 1.91. The first kappa shape index (κ1) is 18.9. The first-order chi connectivity index (χ1) is 13.4. The van der Waals surface area contributed by atoms with E-state index < -0.39 is 17.8 Å². The van der Waals surface area contributed by atoms with Gasteiger partial charge < -0.3 is 10.4 Å². The van der Waals surface area contributed by atoms with Gasteiger partial charge in [-0.05, 0) is 49.2 Å². The summed E-state index contributed by atoms with van der Waals surface area (Å²) >= 11 is 0. The van der Waals surface area contributed by atoms with Crippen molar-refractivity contribution in [3.63, 3.8) is 0 Å².